The number of aryl methyl sites for hydroxylation is 1. The van der Waals surface area contributed by atoms with Gasteiger partial charge in [0.05, 0.1) is 17.8 Å². The average molecular weight is 284 g/mol. The first-order valence-electron chi connectivity index (χ1n) is 6.44. The Bertz CT molecular complexity index is 445. The van der Waals surface area contributed by atoms with E-state index in [4.69, 9.17) is 11.6 Å². The Labute approximate surface area is 117 Å². The third-order valence-electron chi connectivity index (χ3n) is 3.14. The number of nitrogens with zero attached hydrogens (tertiary/aromatic N) is 2. The van der Waals surface area contributed by atoms with E-state index in [1.807, 2.05) is 10.8 Å². The first-order chi connectivity index (χ1) is 9.16. The number of rotatable bonds is 5. The Hall–Kier alpha value is -1.33. The molecule has 1 aliphatic carbocycles. The summed E-state index contributed by atoms with van der Waals surface area (Å²) in [7, 11) is 0. The zero-order chi connectivity index (χ0) is 13.7. The van der Waals surface area contributed by atoms with Gasteiger partial charge >= 0.3 is 0 Å². The van der Waals surface area contributed by atoms with Crippen LogP contribution in [-0.2, 0) is 11.3 Å². The summed E-state index contributed by atoms with van der Waals surface area (Å²) < 4.78 is 1.95. The van der Waals surface area contributed by atoms with Gasteiger partial charge in [0, 0.05) is 31.1 Å². The summed E-state index contributed by atoms with van der Waals surface area (Å²) in [4.78, 5) is 15.8. The number of aromatic nitrogens is 2. The Balaban J connectivity index is 1.75. The molecule has 1 aromatic rings. The zero-order valence-corrected chi connectivity index (χ0v) is 11.4. The van der Waals surface area contributed by atoms with Crippen LogP contribution in [0.15, 0.2) is 30.4 Å². The molecular weight excluding hydrogens is 266 g/mol. The Morgan fingerprint density at radius 3 is 3.16 bits per heavy atom. The number of hydrogen-bond acceptors (Lipinski definition) is 3. The van der Waals surface area contributed by atoms with Crippen LogP contribution >= 0.6 is 11.6 Å². The number of carbonyl (C=O) groups excluding carboxylic acids is 1. The van der Waals surface area contributed by atoms with Gasteiger partial charge in [0.25, 0.3) is 0 Å². The smallest absolute Gasteiger partial charge is 0.249 e. The quantitative estimate of drug-likeness (QED) is 0.628. The summed E-state index contributed by atoms with van der Waals surface area (Å²) >= 11 is 5.97. The molecule has 19 heavy (non-hydrogen) atoms. The predicted molar refractivity (Wildman–Crippen MR) is 72.8 cm³/mol. The first-order valence-corrected chi connectivity index (χ1v) is 6.88. The van der Waals surface area contributed by atoms with Crippen LogP contribution in [0.1, 0.15) is 19.3 Å². The molecule has 0 fully saturated rings. The molecule has 0 aliphatic heterocycles. The fourth-order valence-electron chi connectivity index (χ4n) is 2.07. The molecule has 1 heterocycles. The van der Waals surface area contributed by atoms with E-state index in [0.717, 1.165) is 13.0 Å². The van der Waals surface area contributed by atoms with Crippen molar-refractivity contribution >= 4 is 17.5 Å². The maximum absolute atomic E-state index is 11.9. The van der Waals surface area contributed by atoms with Crippen LogP contribution in [-0.4, -0.2) is 38.6 Å². The minimum atomic E-state index is -0.691. The number of alkyl halides is 1. The van der Waals surface area contributed by atoms with Crippen molar-refractivity contribution in [2.24, 2.45) is 0 Å². The topological polar surface area (TPSA) is 67.2 Å². The second-order valence-corrected chi connectivity index (χ2v) is 5.20. The van der Waals surface area contributed by atoms with Gasteiger partial charge in [-0.1, -0.05) is 6.08 Å². The van der Waals surface area contributed by atoms with Crippen molar-refractivity contribution in [3.05, 3.63) is 30.4 Å². The van der Waals surface area contributed by atoms with Crippen molar-refractivity contribution in [1.82, 2.24) is 14.9 Å². The van der Waals surface area contributed by atoms with Gasteiger partial charge < -0.3 is 15.0 Å². The number of hydrogen-bond donors (Lipinski definition) is 2. The summed E-state index contributed by atoms with van der Waals surface area (Å²) in [6.07, 6.45) is 8.38. The van der Waals surface area contributed by atoms with Crippen molar-refractivity contribution in [2.45, 2.75) is 37.3 Å². The molecule has 2 unspecified atom stereocenters. The Kier molecular flexibility index (Phi) is 4.99. The minimum absolute atomic E-state index is 0.157. The van der Waals surface area contributed by atoms with Crippen molar-refractivity contribution in [2.75, 3.05) is 6.54 Å². The van der Waals surface area contributed by atoms with E-state index in [2.05, 4.69) is 10.3 Å². The van der Waals surface area contributed by atoms with Gasteiger partial charge in [0.2, 0.25) is 5.91 Å². The predicted octanol–water partition coefficient (Wildman–Crippen LogP) is 1.08. The number of carbonyl (C=O) groups is 1. The second kappa shape index (κ2) is 6.73. The second-order valence-electron chi connectivity index (χ2n) is 4.64. The van der Waals surface area contributed by atoms with Crippen LogP contribution in [0.4, 0.5) is 0 Å². The van der Waals surface area contributed by atoms with E-state index in [1.165, 1.54) is 0 Å². The maximum atomic E-state index is 11.9. The van der Waals surface area contributed by atoms with Gasteiger partial charge in [0.1, 0.15) is 0 Å². The molecule has 1 aromatic heterocycles. The fourth-order valence-corrected chi connectivity index (χ4v) is 2.34. The van der Waals surface area contributed by atoms with E-state index in [9.17, 15) is 9.90 Å². The molecule has 5 nitrogen and oxygen atoms in total. The number of amides is 1. The number of aliphatic hydroxyl groups is 1. The lowest BCUT2D eigenvalue weighted by atomic mass is 9.95. The lowest BCUT2D eigenvalue weighted by Gasteiger charge is -2.21. The van der Waals surface area contributed by atoms with Crippen LogP contribution in [0.3, 0.4) is 0 Å². The monoisotopic (exact) mass is 283 g/mol. The average Bonchev–Trinajstić information content (AvgIpc) is 2.90. The lowest BCUT2D eigenvalue weighted by molar-refractivity contribution is -0.118. The van der Waals surface area contributed by atoms with Crippen molar-refractivity contribution < 1.29 is 9.90 Å². The third kappa shape index (κ3) is 4.08. The summed E-state index contributed by atoms with van der Waals surface area (Å²) in [6, 6.07) is 0. The number of aliphatic hydroxyl groups excluding tert-OH is 1. The van der Waals surface area contributed by atoms with Crippen LogP contribution in [0, 0.1) is 0 Å². The van der Waals surface area contributed by atoms with E-state index in [-0.39, 0.29) is 11.3 Å². The molecule has 2 atom stereocenters. The van der Waals surface area contributed by atoms with Crippen LogP contribution < -0.4 is 5.32 Å². The summed E-state index contributed by atoms with van der Waals surface area (Å²) in [5.74, 6) is -0.219. The SMILES string of the molecule is O=C(NCCCn1ccnc1)C1=CC(Cl)CCC1O. The zero-order valence-electron chi connectivity index (χ0n) is 10.6. The maximum Gasteiger partial charge on any atom is 0.249 e. The van der Waals surface area contributed by atoms with Crippen LogP contribution in [0.5, 0.6) is 0 Å². The molecule has 1 aliphatic rings. The summed E-state index contributed by atoms with van der Waals surface area (Å²) in [5, 5.41) is 12.4. The highest BCUT2D eigenvalue weighted by Crippen LogP contribution is 2.22. The first kappa shape index (κ1) is 14.1. The van der Waals surface area contributed by atoms with Gasteiger partial charge in [-0.3, -0.25) is 4.79 Å². The standard InChI is InChI=1S/C13H18ClN3O2/c14-10-2-3-12(18)11(8-10)13(19)16-4-1-6-17-7-5-15-9-17/h5,7-10,12,18H,1-4,6H2,(H,16,19). The highest BCUT2D eigenvalue weighted by atomic mass is 35.5. The number of halogens is 1. The Morgan fingerprint density at radius 2 is 2.42 bits per heavy atom. The molecule has 0 bridgehead atoms. The van der Waals surface area contributed by atoms with E-state index in [0.29, 0.717) is 25.0 Å². The molecule has 0 saturated carbocycles. The van der Waals surface area contributed by atoms with E-state index in [1.54, 1.807) is 18.6 Å². The normalized spacial score (nSPS) is 22.9. The van der Waals surface area contributed by atoms with Gasteiger partial charge in [-0.2, -0.15) is 0 Å². The molecule has 6 heteroatoms. The van der Waals surface area contributed by atoms with Crippen LogP contribution in [0.25, 0.3) is 0 Å². The largest absolute Gasteiger partial charge is 0.388 e. The molecule has 0 aromatic carbocycles. The number of imidazole rings is 1. The van der Waals surface area contributed by atoms with E-state index < -0.39 is 6.10 Å². The summed E-state index contributed by atoms with van der Waals surface area (Å²) in [6.45, 7) is 1.37. The molecule has 0 saturated heterocycles. The molecule has 2 N–H and O–H groups in total. The van der Waals surface area contributed by atoms with Crippen molar-refractivity contribution in [1.29, 1.82) is 0 Å². The molecule has 0 radical (unpaired) electrons. The molecular formula is C13H18ClN3O2. The van der Waals surface area contributed by atoms with Gasteiger partial charge in [-0.25, -0.2) is 4.98 Å². The molecule has 2 rings (SSSR count). The van der Waals surface area contributed by atoms with Gasteiger partial charge in [-0.15, -0.1) is 11.6 Å². The summed E-state index contributed by atoms with van der Waals surface area (Å²) in [5.41, 5.74) is 0.397. The Morgan fingerprint density at radius 1 is 1.58 bits per heavy atom. The van der Waals surface area contributed by atoms with Gasteiger partial charge in [0.15, 0.2) is 0 Å². The van der Waals surface area contributed by atoms with Crippen LogP contribution in [0.2, 0.25) is 0 Å². The molecule has 104 valence electrons. The lowest BCUT2D eigenvalue weighted by Crippen LogP contribution is -2.34. The highest BCUT2D eigenvalue weighted by Gasteiger charge is 2.24. The number of nitrogens with one attached hydrogen (secondary N) is 1. The molecule has 1 amide bonds. The number of allylic oxidation sites excluding steroid dienone is 1. The molecule has 0 spiro atoms. The fraction of sp³-hybridized carbons (Fsp3) is 0.538. The van der Waals surface area contributed by atoms with Crippen molar-refractivity contribution in [3.8, 4) is 0 Å². The third-order valence-corrected chi connectivity index (χ3v) is 3.48. The minimum Gasteiger partial charge on any atom is -0.388 e. The van der Waals surface area contributed by atoms with Gasteiger partial charge in [-0.05, 0) is 19.3 Å². The highest BCUT2D eigenvalue weighted by molar-refractivity contribution is 6.22. The van der Waals surface area contributed by atoms with Crippen molar-refractivity contribution in [3.63, 3.8) is 0 Å². The van der Waals surface area contributed by atoms with E-state index >= 15 is 0 Å².